The maximum atomic E-state index is 6.54. The molecule has 0 bridgehead atoms. The van der Waals surface area contributed by atoms with Gasteiger partial charge in [-0.2, -0.15) is 0 Å². The van der Waals surface area contributed by atoms with E-state index in [1.54, 1.807) is 0 Å². The van der Waals surface area contributed by atoms with Crippen molar-refractivity contribution in [2.45, 2.75) is 90.6 Å². The molecule has 9 aromatic carbocycles. The second-order valence-corrected chi connectivity index (χ2v) is 31.2. The Kier molecular flexibility index (Phi) is 15.3. The zero-order valence-electron chi connectivity index (χ0n) is 45.8. The van der Waals surface area contributed by atoms with Crippen LogP contribution in [-0.4, -0.2) is 32.4 Å². The van der Waals surface area contributed by atoms with Crippen molar-refractivity contribution in [3.05, 3.63) is 229 Å². The van der Waals surface area contributed by atoms with Crippen LogP contribution in [0.15, 0.2) is 199 Å². The van der Waals surface area contributed by atoms with E-state index < -0.39 is 13.3 Å². The van der Waals surface area contributed by atoms with Gasteiger partial charge in [0.15, 0.2) is 0 Å². The largest absolute Gasteiger partial charge is 0.333 e. The fourth-order valence-electron chi connectivity index (χ4n) is 11.1. The molecule has 1 radical (unpaired) electrons. The molecule has 0 atom stereocenters. The zero-order chi connectivity index (χ0) is 52.8. The van der Waals surface area contributed by atoms with E-state index in [1.807, 2.05) is 36.4 Å². The number of aromatic nitrogens is 4. The van der Waals surface area contributed by atoms with Crippen LogP contribution in [0.3, 0.4) is 0 Å². The second kappa shape index (κ2) is 22.1. The molecule has 7 heteroatoms. The van der Waals surface area contributed by atoms with Crippen molar-refractivity contribution in [2.24, 2.45) is 0 Å². The van der Waals surface area contributed by atoms with Gasteiger partial charge in [0.25, 0.3) is 0 Å². The van der Waals surface area contributed by atoms with Crippen LogP contribution in [0.4, 0.5) is 0 Å². The van der Waals surface area contributed by atoms with Crippen molar-refractivity contribution in [1.82, 2.24) is 19.1 Å². The van der Waals surface area contributed by atoms with Gasteiger partial charge in [-0.3, -0.25) is 4.98 Å². The molecule has 12 rings (SSSR count). The van der Waals surface area contributed by atoms with E-state index in [2.05, 4.69) is 246 Å². The molecular weight excluding hydrogens is 1180 g/mol. The number of imidazole rings is 2. The molecule has 0 aliphatic heterocycles. The predicted octanol–water partition coefficient (Wildman–Crippen LogP) is 17.9. The summed E-state index contributed by atoms with van der Waals surface area (Å²) in [4.78, 5) is 10.3. The summed E-state index contributed by atoms with van der Waals surface area (Å²) in [5.74, 6) is 8.18. The van der Waals surface area contributed by atoms with Crippen LogP contribution >= 0.6 is 0 Å². The summed E-state index contributed by atoms with van der Waals surface area (Å²) in [6, 6.07) is 76.2. The van der Waals surface area contributed by atoms with Crippen molar-refractivity contribution in [2.75, 3.05) is 0 Å². The van der Waals surface area contributed by atoms with Crippen LogP contribution < -0.4 is 8.79 Å². The molecule has 12 aromatic rings. The van der Waals surface area contributed by atoms with Crippen molar-refractivity contribution >= 4 is 66.1 Å². The summed E-state index contributed by atoms with van der Waals surface area (Å²) in [6.45, 7) is 18.3. The van der Waals surface area contributed by atoms with Gasteiger partial charge < -0.3 is 8.98 Å². The number of hydrogen-bond acceptors (Lipinski definition) is 3. The molecule has 5 nitrogen and oxygen atoms in total. The third-order valence-electron chi connectivity index (χ3n) is 15.3. The Hall–Kier alpha value is -7.09. The molecule has 0 N–H and O–H groups in total. The molecule has 0 aliphatic carbocycles. The number of hydrogen-bond donors (Lipinski definition) is 0. The molecule has 0 amide bonds. The van der Waals surface area contributed by atoms with Gasteiger partial charge in [0, 0.05) is 31.2 Å². The first-order valence-corrected chi connectivity index (χ1v) is 33.3. The Labute approximate surface area is 470 Å². The molecule has 0 spiro atoms. The number of para-hydroxylation sites is 6. The normalized spacial score (nSPS) is 11.9. The van der Waals surface area contributed by atoms with E-state index in [9.17, 15) is 0 Å². The van der Waals surface area contributed by atoms with E-state index in [0.29, 0.717) is 11.8 Å². The van der Waals surface area contributed by atoms with Gasteiger partial charge in [0.05, 0.1) is 16.9 Å². The average molecular weight is 1240 g/mol. The van der Waals surface area contributed by atoms with Crippen molar-refractivity contribution in [3.8, 4) is 45.3 Å². The van der Waals surface area contributed by atoms with Crippen LogP contribution in [0.2, 0.25) is 11.5 Å². The fourth-order valence-corrected chi connectivity index (χ4v) is 16.0. The summed E-state index contributed by atoms with van der Waals surface area (Å²) < 4.78 is 14.2. The van der Waals surface area contributed by atoms with Gasteiger partial charge in [-0.25, -0.2) is 0 Å². The second-order valence-electron chi connectivity index (χ2n) is 22.0. The molecule has 0 aliphatic rings. The van der Waals surface area contributed by atoms with Gasteiger partial charge in [-0.05, 0) is 41.2 Å². The Morgan fingerprint density at radius 2 is 0.961 bits per heavy atom. The molecule has 77 heavy (non-hydrogen) atoms. The Bertz CT molecular complexity index is 3980. The molecule has 0 saturated heterocycles. The first-order chi connectivity index (χ1) is 36.8. The average Bonchev–Trinajstić information content (AvgIpc) is 4.20. The van der Waals surface area contributed by atoms with Crippen LogP contribution in [0.1, 0.15) is 101 Å². The Morgan fingerprint density at radius 1 is 0.442 bits per heavy atom. The number of fused-ring (bicyclic) bond motifs is 5. The third kappa shape index (κ3) is 9.97. The monoisotopic (exact) mass is 1250 g/mol. The molecule has 3 aromatic heterocycles. The molecular formula is C70H66GeIrN4O-2. The number of rotatable bonds is 11. The van der Waals surface area contributed by atoms with Crippen molar-refractivity contribution in [1.29, 1.82) is 0 Å². The van der Waals surface area contributed by atoms with E-state index in [1.165, 1.54) is 53.5 Å². The zero-order valence-corrected chi connectivity index (χ0v) is 50.3. The first-order valence-electron chi connectivity index (χ1n) is 27.0. The minimum atomic E-state index is -2.40. The summed E-state index contributed by atoms with van der Waals surface area (Å²) in [7, 11) is 0. The summed E-state index contributed by atoms with van der Waals surface area (Å²) >= 11 is -2.40. The number of furan rings is 1. The van der Waals surface area contributed by atoms with Crippen LogP contribution in [-0.2, 0) is 20.1 Å². The fraction of sp³-hybridized carbons (Fsp3) is 0.200. The Balaban J connectivity index is 0.000000203. The van der Waals surface area contributed by atoms with E-state index in [0.717, 1.165) is 66.8 Å². The van der Waals surface area contributed by atoms with E-state index >= 15 is 0 Å². The van der Waals surface area contributed by atoms with Crippen molar-refractivity contribution < 1.29 is 24.5 Å². The summed E-state index contributed by atoms with van der Waals surface area (Å²) in [6.07, 6.45) is 0. The molecule has 0 unspecified atom stereocenters. The van der Waals surface area contributed by atoms with E-state index in [4.69, 9.17) is 14.4 Å². The SMILES string of the molecule is CC(C)c1cc(-c2cc[c]([Ge]([CH3])([CH3])[c]3ccccc3)cc2)cc(C(C)C)c1-n1c(-c2[c-]ccc3c2oc2ccccc23)nc2ccccc21.CC(C)c1cccc(C(C)C)c1-n1c(-c2[c-]cccc2)nc2ccccc21.[Ir]. The molecule has 3 heterocycles. The van der Waals surface area contributed by atoms with Crippen LogP contribution in [0.25, 0.3) is 89.3 Å². The van der Waals surface area contributed by atoms with Crippen LogP contribution in [0, 0.1) is 12.1 Å². The van der Waals surface area contributed by atoms with Gasteiger partial charge in [0.2, 0.25) is 0 Å². The summed E-state index contributed by atoms with van der Waals surface area (Å²) in [5, 5.41) is 2.18. The standard InChI is InChI=1S/C45H41GeN2O.C25H25N2.Ir/c1-29(2)38-27-32(31-23-25-34(26-24-31)46(5,6)33-15-8-7-9-16-33)28-39(30(3)4)43(38)48-41-21-12-11-20-40(41)47-45(48)37-19-14-18-36-35-17-10-13-22-42(35)49-44(36)37;1-17(2)20-13-10-14-21(18(3)4)24(20)27-23-16-9-8-15-22(23)26-25(27)19-11-6-5-7-12-19;/h7-18,20-30H,1-6H3;5-11,13-18H,1-4H3;/q2*-1;. The van der Waals surface area contributed by atoms with Gasteiger partial charge >= 0.3 is 230 Å². The smallest absolute Gasteiger partial charge is 0.0774 e. The maximum absolute atomic E-state index is 6.54. The van der Waals surface area contributed by atoms with Crippen molar-refractivity contribution in [3.63, 3.8) is 0 Å². The topological polar surface area (TPSA) is 48.8 Å². The van der Waals surface area contributed by atoms with E-state index in [-0.39, 0.29) is 31.9 Å². The Morgan fingerprint density at radius 3 is 1.56 bits per heavy atom. The minimum absolute atomic E-state index is 0. The van der Waals surface area contributed by atoms with Gasteiger partial charge in [-0.1, -0.05) is 87.7 Å². The number of nitrogens with zero attached hydrogens (tertiary/aromatic N) is 4. The first kappa shape index (κ1) is 53.3. The summed E-state index contributed by atoms with van der Waals surface area (Å²) in [5.41, 5.74) is 18.0. The number of benzene rings is 9. The molecule has 0 saturated carbocycles. The molecule has 387 valence electrons. The molecule has 0 fully saturated rings. The van der Waals surface area contributed by atoms with Gasteiger partial charge in [0.1, 0.15) is 5.58 Å². The third-order valence-corrected chi connectivity index (χ3v) is 22.7. The minimum Gasteiger partial charge on any atom is -0.333 e. The maximum Gasteiger partial charge on any atom is 0.0774 e. The predicted molar refractivity (Wildman–Crippen MR) is 323 cm³/mol. The van der Waals surface area contributed by atoms with Crippen LogP contribution in [0.5, 0.6) is 0 Å². The quantitative estimate of drug-likeness (QED) is 0.0958. The van der Waals surface area contributed by atoms with Gasteiger partial charge in [-0.15, -0.1) is 48.0 Å².